The maximum absolute atomic E-state index is 12.4. The summed E-state index contributed by atoms with van der Waals surface area (Å²) in [6, 6.07) is 0. The van der Waals surface area contributed by atoms with Crippen LogP contribution in [0.5, 0.6) is 0 Å². The third-order valence-electron chi connectivity index (χ3n) is 2.78. The number of hydrogen-bond donors (Lipinski definition) is 0. The van der Waals surface area contributed by atoms with E-state index >= 15 is 0 Å². The molecule has 0 aliphatic carbocycles. The molecule has 0 amide bonds. The summed E-state index contributed by atoms with van der Waals surface area (Å²) >= 11 is 0. The van der Waals surface area contributed by atoms with Crippen LogP contribution in [0.3, 0.4) is 0 Å². The van der Waals surface area contributed by atoms with E-state index in [1.54, 1.807) is 20.9 Å². The first-order valence-electron chi connectivity index (χ1n) is 5.78. The van der Waals surface area contributed by atoms with E-state index in [0.29, 0.717) is 26.4 Å². The molecule has 1 heterocycles. The molecule has 6 nitrogen and oxygen atoms in total. The molecule has 0 unspecified atom stereocenters. The fourth-order valence-corrected chi connectivity index (χ4v) is 2.42. The van der Waals surface area contributed by atoms with Crippen molar-refractivity contribution in [3.05, 3.63) is 0 Å². The van der Waals surface area contributed by atoms with Crippen LogP contribution in [0.1, 0.15) is 13.8 Å². The van der Waals surface area contributed by atoms with Crippen LogP contribution in [0.4, 0.5) is 13.2 Å². The highest BCUT2D eigenvalue weighted by Crippen LogP contribution is 2.28. The average molecular weight is 305 g/mol. The topological polar surface area (TPSA) is 53.1 Å². The van der Waals surface area contributed by atoms with Crippen LogP contribution >= 0.6 is 0 Å². The Morgan fingerprint density at radius 1 is 1.16 bits per heavy atom. The van der Waals surface area contributed by atoms with E-state index in [1.165, 1.54) is 9.80 Å². The molecular weight excluding hydrogens is 287 g/mol. The SMILES string of the molecule is CCN1CN(C)CN(CC)C1OS(=O)(=O)C(F)(F)F. The molecular formula is C9H18F3N3O3S. The lowest BCUT2D eigenvalue weighted by molar-refractivity contribution is -0.167. The van der Waals surface area contributed by atoms with Crippen molar-refractivity contribution >= 4 is 10.1 Å². The summed E-state index contributed by atoms with van der Waals surface area (Å²) in [5.41, 5.74) is -5.41. The van der Waals surface area contributed by atoms with Crippen molar-refractivity contribution in [3.63, 3.8) is 0 Å². The van der Waals surface area contributed by atoms with Gasteiger partial charge in [-0.1, -0.05) is 13.8 Å². The highest BCUT2D eigenvalue weighted by molar-refractivity contribution is 7.87. The van der Waals surface area contributed by atoms with Gasteiger partial charge in [0.05, 0.1) is 13.3 Å². The standard InChI is InChI=1S/C9H18F3N3O3S/c1-4-14-6-13(3)7-15(5-2)8(14)18-19(16,17)9(10,11)12/h8H,4-7H2,1-3H3. The second kappa shape index (κ2) is 5.92. The van der Waals surface area contributed by atoms with E-state index in [4.69, 9.17) is 0 Å². The van der Waals surface area contributed by atoms with Crippen molar-refractivity contribution in [1.29, 1.82) is 0 Å². The van der Waals surface area contributed by atoms with Gasteiger partial charge >= 0.3 is 15.6 Å². The van der Waals surface area contributed by atoms with Crippen LogP contribution in [0.15, 0.2) is 0 Å². The van der Waals surface area contributed by atoms with Gasteiger partial charge in [0.25, 0.3) is 0 Å². The van der Waals surface area contributed by atoms with Gasteiger partial charge in [-0.05, 0) is 7.05 Å². The van der Waals surface area contributed by atoms with Gasteiger partial charge in [0, 0.05) is 13.1 Å². The molecule has 0 spiro atoms. The van der Waals surface area contributed by atoms with Crippen molar-refractivity contribution in [2.45, 2.75) is 25.7 Å². The smallest absolute Gasteiger partial charge is 0.280 e. The monoisotopic (exact) mass is 305 g/mol. The lowest BCUT2D eigenvalue weighted by Gasteiger charge is -2.45. The molecule has 0 atom stereocenters. The van der Waals surface area contributed by atoms with Crippen molar-refractivity contribution in [2.24, 2.45) is 0 Å². The van der Waals surface area contributed by atoms with Crippen molar-refractivity contribution in [3.8, 4) is 0 Å². The predicted molar refractivity (Wildman–Crippen MR) is 62.1 cm³/mol. The summed E-state index contributed by atoms with van der Waals surface area (Å²) in [6.07, 6.45) is -1.22. The Hall–Kier alpha value is -0.420. The van der Waals surface area contributed by atoms with Gasteiger partial charge in [0.2, 0.25) is 0 Å². The molecule has 1 aliphatic rings. The van der Waals surface area contributed by atoms with E-state index < -0.39 is 22.0 Å². The Kier molecular flexibility index (Phi) is 5.18. The maximum atomic E-state index is 12.4. The summed E-state index contributed by atoms with van der Waals surface area (Å²) in [6.45, 7) is 4.88. The van der Waals surface area contributed by atoms with Gasteiger partial charge in [-0.3, -0.25) is 14.7 Å². The Morgan fingerprint density at radius 2 is 1.58 bits per heavy atom. The Labute approximate surface area is 110 Å². The molecule has 0 bridgehead atoms. The number of alkyl halides is 3. The van der Waals surface area contributed by atoms with Crippen LogP contribution in [-0.2, 0) is 14.3 Å². The van der Waals surface area contributed by atoms with Crippen molar-refractivity contribution in [2.75, 3.05) is 33.5 Å². The minimum absolute atomic E-state index is 0.338. The minimum Gasteiger partial charge on any atom is -0.280 e. The van der Waals surface area contributed by atoms with Gasteiger partial charge in [-0.2, -0.15) is 21.6 Å². The number of rotatable bonds is 4. The molecule has 114 valence electrons. The molecule has 1 fully saturated rings. The van der Waals surface area contributed by atoms with Gasteiger partial charge in [-0.25, -0.2) is 4.18 Å². The first kappa shape index (κ1) is 16.6. The Bertz CT molecular complexity index is 387. The van der Waals surface area contributed by atoms with E-state index in [9.17, 15) is 21.6 Å². The zero-order chi connectivity index (χ0) is 14.8. The molecule has 0 aromatic carbocycles. The van der Waals surface area contributed by atoms with Crippen LogP contribution in [-0.4, -0.2) is 68.5 Å². The molecule has 0 saturated carbocycles. The highest BCUT2D eigenvalue weighted by atomic mass is 32.2. The zero-order valence-corrected chi connectivity index (χ0v) is 11.8. The molecule has 0 radical (unpaired) electrons. The number of halogens is 3. The fraction of sp³-hybridized carbons (Fsp3) is 1.00. The predicted octanol–water partition coefficient (Wildman–Crippen LogP) is 0.640. The molecule has 19 heavy (non-hydrogen) atoms. The van der Waals surface area contributed by atoms with Crippen molar-refractivity contribution < 1.29 is 25.8 Å². The third-order valence-corrected chi connectivity index (χ3v) is 3.77. The third kappa shape index (κ3) is 3.78. The number of hydrogen-bond acceptors (Lipinski definition) is 6. The number of nitrogens with zero attached hydrogens (tertiary/aromatic N) is 3. The summed E-state index contributed by atoms with van der Waals surface area (Å²) in [5, 5.41) is 0. The molecule has 0 N–H and O–H groups in total. The van der Waals surface area contributed by atoms with E-state index in [-0.39, 0.29) is 0 Å². The Balaban J connectivity index is 2.94. The quantitative estimate of drug-likeness (QED) is 0.561. The molecule has 0 aromatic heterocycles. The van der Waals surface area contributed by atoms with Crippen LogP contribution in [0.2, 0.25) is 0 Å². The fourth-order valence-electron chi connectivity index (χ4n) is 1.84. The lowest BCUT2D eigenvalue weighted by atomic mass is 10.4. The van der Waals surface area contributed by atoms with Gasteiger partial charge in [0.15, 0.2) is 6.35 Å². The first-order chi connectivity index (χ1) is 8.62. The molecule has 1 rings (SSSR count). The summed E-state index contributed by atoms with van der Waals surface area (Å²) in [7, 11) is -3.81. The highest BCUT2D eigenvalue weighted by Gasteiger charge is 2.50. The zero-order valence-electron chi connectivity index (χ0n) is 11.0. The van der Waals surface area contributed by atoms with Crippen LogP contribution < -0.4 is 0 Å². The molecule has 0 aromatic rings. The van der Waals surface area contributed by atoms with Gasteiger partial charge in [0.1, 0.15) is 0 Å². The summed E-state index contributed by atoms with van der Waals surface area (Å²) < 4.78 is 63.7. The first-order valence-corrected chi connectivity index (χ1v) is 7.19. The van der Waals surface area contributed by atoms with E-state index in [0.717, 1.165) is 0 Å². The van der Waals surface area contributed by atoms with Crippen LogP contribution in [0, 0.1) is 0 Å². The van der Waals surface area contributed by atoms with Gasteiger partial charge < -0.3 is 0 Å². The molecule has 10 heteroatoms. The minimum atomic E-state index is -5.60. The van der Waals surface area contributed by atoms with E-state index in [2.05, 4.69) is 4.18 Å². The second-order valence-corrected chi connectivity index (χ2v) is 5.83. The van der Waals surface area contributed by atoms with Gasteiger partial charge in [-0.15, -0.1) is 0 Å². The maximum Gasteiger partial charge on any atom is 0.523 e. The molecule has 1 saturated heterocycles. The summed E-state index contributed by atoms with van der Waals surface area (Å²) in [5.74, 6) is 0. The average Bonchev–Trinajstić information content (AvgIpc) is 2.28. The van der Waals surface area contributed by atoms with Crippen molar-refractivity contribution in [1.82, 2.24) is 14.7 Å². The van der Waals surface area contributed by atoms with E-state index in [1.807, 2.05) is 4.90 Å². The molecule has 1 aliphatic heterocycles. The Morgan fingerprint density at radius 3 is 1.89 bits per heavy atom. The van der Waals surface area contributed by atoms with Crippen LogP contribution in [0.25, 0.3) is 0 Å². The summed E-state index contributed by atoms with van der Waals surface area (Å²) in [4.78, 5) is 4.87. The largest absolute Gasteiger partial charge is 0.523 e. The lowest BCUT2D eigenvalue weighted by Crippen LogP contribution is -2.61. The normalized spacial score (nSPS) is 22.0. The second-order valence-electron chi connectivity index (χ2n) is 4.27.